The Labute approximate surface area is 282 Å². The summed E-state index contributed by atoms with van der Waals surface area (Å²) >= 11 is 1.76. The molecule has 0 spiro atoms. The van der Waals surface area contributed by atoms with Crippen molar-refractivity contribution in [1.29, 1.82) is 0 Å². The van der Waals surface area contributed by atoms with E-state index in [-0.39, 0.29) is 0 Å². The highest BCUT2D eigenvalue weighted by atomic mass is 32.1. The molecule has 0 amide bonds. The predicted molar refractivity (Wildman–Crippen MR) is 202 cm³/mol. The van der Waals surface area contributed by atoms with Crippen LogP contribution in [-0.2, 0) is 0 Å². The van der Waals surface area contributed by atoms with Gasteiger partial charge in [0, 0.05) is 66.1 Å². The van der Waals surface area contributed by atoms with E-state index in [1.807, 2.05) is 54.6 Å². The molecule has 0 radical (unpaired) electrons. The van der Waals surface area contributed by atoms with Crippen molar-refractivity contribution in [2.45, 2.75) is 0 Å². The summed E-state index contributed by atoms with van der Waals surface area (Å²) in [6.07, 6.45) is 0. The van der Waals surface area contributed by atoms with Crippen molar-refractivity contribution in [1.82, 2.24) is 4.98 Å². The third-order valence-electron chi connectivity index (χ3n) is 9.48. The molecule has 230 valence electrons. The fraction of sp³-hybridized carbons (Fsp3) is 0. The van der Waals surface area contributed by atoms with Gasteiger partial charge in [0.05, 0.1) is 10.4 Å². The largest absolute Gasteiger partial charge is 0.456 e. The number of thiophene rings is 1. The molecule has 0 N–H and O–H groups in total. The van der Waals surface area contributed by atoms with Crippen LogP contribution in [0, 0.1) is 0 Å². The summed E-state index contributed by atoms with van der Waals surface area (Å²) in [5.41, 5.74) is 8.85. The summed E-state index contributed by atoms with van der Waals surface area (Å²) < 4.78 is 21.7. The van der Waals surface area contributed by atoms with Crippen LogP contribution in [-0.4, -0.2) is 4.98 Å². The average Bonchev–Trinajstić information content (AvgIpc) is 3.93. The second-order valence-corrected chi connectivity index (χ2v) is 13.4. The maximum atomic E-state index is 6.61. The first kappa shape index (κ1) is 26.7. The van der Waals surface area contributed by atoms with Gasteiger partial charge in [0.15, 0.2) is 5.58 Å². The molecule has 49 heavy (non-hydrogen) atoms. The zero-order valence-corrected chi connectivity index (χ0v) is 26.7. The molecule has 0 aliphatic rings. The Balaban J connectivity index is 1.23. The van der Waals surface area contributed by atoms with Gasteiger partial charge in [-0.1, -0.05) is 72.8 Å². The fourth-order valence-electron chi connectivity index (χ4n) is 7.26. The first-order valence-corrected chi connectivity index (χ1v) is 17.0. The van der Waals surface area contributed by atoms with E-state index in [4.69, 9.17) is 18.2 Å². The molecule has 5 nitrogen and oxygen atoms in total. The molecule has 7 aromatic carbocycles. The number of hydrogen-bond acceptors (Lipinski definition) is 6. The van der Waals surface area contributed by atoms with E-state index < -0.39 is 0 Å². The van der Waals surface area contributed by atoms with Gasteiger partial charge in [-0.2, -0.15) is 0 Å². The Kier molecular flexibility index (Phi) is 5.48. The Morgan fingerprint density at radius 3 is 1.73 bits per heavy atom. The molecule has 0 unspecified atom stereocenters. The predicted octanol–water partition coefficient (Wildman–Crippen LogP) is 13.1. The lowest BCUT2D eigenvalue weighted by Crippen LogP contribution is -2.10. The molecule has 4 heterocycles. The van der Waals surface area contributed by atoms with Crippen molar-refractivity contribution < 1.29 is 13.3 Å². The molecule has 6 heteroatoms. The number of benzene rings is 7. The van der Waals surface area contributed by atoms with Crippen LogP contribution in [0.5, 0.6) is 0 Å². The van der Waals surface area contributed by atoms with Crippen LogP contribution >= 0.6 is 11.3 Å². The molecule has 0 fully saturated rings. The van der Waals surface area contributed by atoms with E-state index in [1.54, 1.807) is 11.3 Å². The summed E-state index contributed by atoms with van der Waals surface area (Å²) in [5.74, 6) is 0.600. The number of aromatic nitrogens is 1. The molecule has 0 saturated carbocycles. The van der Waals surface area contributed by atoms with Gasteiger partial charge in [-0.3, -0.25) is 0 Å². The normalized spacial score (nSPS) is 12.1. The summed E-state index contributed by atoms with van der Waals surface area (Å²) in [5, 5.41) is 6.57. The van der Waals surface area contributed by atoms with Gasteiger partial charge < -0.3 is 18.2 Å². The number of hydrogen-bond donors (Lipinski definition) is 0. The first-order valence-electron chi connectivity index (χ1n) is 16.2. The van der Waals surface area contributed by atoms with Crippen LogP contribution in [0.2, 0.25) is 0 Å². The van der Waals surface area contributed by atoms with Crippen molar-refractivity contribution in [3.8, 4) is 11.5 Å². The van der Waals surface area contributed by atoms with E-state index >= 15 is 0 Å². The minimum Gasteiger partial charge on any atom is -0.456 e. The monoisotopic (exact) mass is 648 g/mol. The van der Waals surface area contributed by atoms with Gasteiger partial charge in [-0.05, 0) is 60.7 Å². The van der Waals surface area contributed by atoms with E-state index in [1.165, 1.54) is 4.70 Å². The number of oxazole rings is 1. The molecule has 0 aliphatic heterocycles. The summed E-state index contributed by atoms with van der Waals surface area (Å²) in [6, 6.07) is 50.1. The summed E-state index contributed by atoms with van der Waals surface area (Å²) in [7, 11) is 0. The topological polar surface area (TPSA) is 55.6 Å². The van der Waals surface area contributed by atoms with E-state index in [2.05, 4.69) is 95.9 Å². The van der Waals surface area contributed by atoms with Crippen LogP contribution in [0.15, 0.2) is 159 Å². The van der Waals surface area contributed by atoms with Crippen LogP contribution in [0.4, 0.5) is 17.1 Å². The number of fused-ring (bicyclic) bond motifs is 11. The van der Waals surface area contributed by atoms with E-state index in [0.29, 0.717) is 5.89 Å². The zero-order chi connectivity index (χ0) is 32.1. The Morgan fingerprint density at radius 1 is 0.490 bits per heavy atom. The van der Waals surface area contributed by atoms with Crippen molar-refractivity contribution in [2.75, 3.05) is 4.90 Å². The van der Waals surface area contributed by atoms with Gasteiger partial charge in [-0.25, -0.2) is 4.98 Å². The second-order valence-electron chi connectivity index (χ2n) is 12.3. The van der Waals surface area contributed by atoms with Crippen molar-refractivity contribution in [2.24, 2.45) is 0 Å². The summed E-state index contributed by atoms with van der Waals surface area (Å²) in [6.45, 7) is 0. The standard InChI is InChI=1S/C43H24N2O3S/c1-2-10-25(11-3-1)43-44-33-24-34(42-40(41(33)48-43)32-14-6-9-17-39(32)49-42)45(26-18-20-30-28-12-4-7-15-35(28)46-37(30)22-26)27-19-21-31-29-13-5-8-16-36(29)47-38(31)23-27/h1-24H. The number of nitrogens with zero attached hydrogens (tertiary/aromatic N) is 2. The first-order chi connectivity index (χ1) is 24.3. The SMILES string of the molecule is c1ccc(-c2nc3cc(N(c4ccc5c(c4)oc4ccccc45)c4ccc5c(c4)oc4ccccc45)c4sc5ccccc5c4c3o2)cc1. The van der Waals surface area contributed by atoms with Gasteiger partial charge >= 0.3 is 0 Å². The fourth-order valence-corrected chi connectivity index (χ4v) is 8.47. The third-order valence-corrected chi connectivity index (χ3v) is 10.7. The minimum absolute atomic E-state index is 0.600. The molecule has 0 atom stereocenters. The van der Waals surface area contributed by atoms with Crippen LogP contribution in [0.25, 0.3) is 86.6 Å². The number of rotatable bonds is 4. The number of furan rings is 2. The zero-order valence-electron chi connectivity index (χ0n) is 25.9. The smallest absolute Gasteiger partial charge is 0.227 e. The minimum atomic E-state index is 0.600. The van der Waals surface area contributed by atoms with Crippen molar-refractivity contribution in [3.63, 3.8) is 0 Å². The Morgan fingerprint density at radius 2 is 1.06 bits per heavy atom. The van der Waals surface area contributed by atoms with Crippen molar-refractivity contribution >= 4 is 104 Å². The molecule has 0 saturated heterocycles. The van der Waals surface area contributed by atoms with Gasteiger partial charge in [-0.15, -0.1) is 11.3 Å². The molecule has 0 bridgehead atoms. The number of anilines is 3. The molecular formula is C43H24N2O3S. The van der Waals surface area contributed by atoms with Crippen LogP contribution < -0.4 is 4.90 Å². The van der Waals surface area contributed by atoms with Gasteiger partial charge in [0.1, 0.15) is 27.8 Å². The Hall–Kier alpha value is -6.37. The van der Waals surface area contributed by atoms with Gasteiger partial charge in [0.2, 0.25) is 5.89 Å². The molecular weight excluding hydrogens is 625 g/mol. The second kappa shape index (κ2) is 10.1. The lowest BCUT2D eigenvalue weighted by Gasteiger charge is -2.26. The molecule has 11 aromatic rings. The molecule has 0 aliphatic carbocycles. The highest BCUT2D eigenvalue weighted by molar-refractivity contribution is 7.26. The van der Waals surface area contributed by atoms with Crippen LogP contribution in [0.3, 0.4) is 0 Å². The van der Waals surface area contributed by atoms with Crippen LogP contribution in [0.1, 0.15) is 0 Å². The quantitative estimate of drug-likeness (QED) is 0.190. The highest BCUT2D eigenvalue weighted by Gasteiger charge is 2.25. The van der Waals surface area contributed by atoms with Gasteiger partial charge in [0.25, 0.3) is 0 Å². The third kappa shape index (κ3) is 3.95. The highest BCUT2D eigenvalue weighted by Crippen LogP contribution is 2.49. The van der Waals surface area contributed by atoms with E-state index in [9.17, 15) is 0 Å². The maximum Gasteiger partial charge on any atom is 0.227 e. The lowest BCUT2D eigenvalue weighted by atomic mass is 10.1. The number of para-hydroxylation sites is 2. The molecule has 11 rings (SSSR count). The van der Waals surface area contributed by atoms with Crippen molar-refractivity contribution in [3.05, 3.63) is 146 Å². The lowest BCUT2D eigenvalue weighted by molar-refractivity contribution is 0.623. The summed E-state index contributed by atoms with van der Waals surface area (Å²) in [4.78, 5) is 7.38. The molecule has 4 aromatic heterocycles. The average molecular weight is 649 g/mol. The van der Waals surface area contributed by atoms with E-state index in [0.717, 1.165) is 93.1 Å². The maximum absolute atomic E-state index is 6.61. The Bertz CT molecular complexity index is 2960.